The molecular formula is C14H16F15N2O+. The van der Waals surface area contributed by atoms with Gasteiger partial charge >= 0.3 is 47.6 Å². The summed E-state index contributed by atoms with van der Waals surface area (Å²) in [6, 6.07) is -11.2. The van der Waals surface area contributed by atoms with Crippen molar-refractivity contribution < 1.29 is 75.1 Å². The molecule has 0 bridgehead atoms. The zero-order valence-electron chi connectivity index (χ0n) is 16.1. The third kappa shape index (κ3) is 4.75. The number of carbonyl (C=O) groups excluding carboxylic acids is 1. The second kappa shape index (κ2) is 8.39. The third-order valence-electron chi connectivity index (χ3n) is 3.97. The normalized spacial score (nSPS) is 15.8. The van der Waals surface area contributed by atoms with Crippen molar-refractivity contribution in [3.8, 4) is 0 Å². The maximum absolute atomic E-state index is 13.6. The minimum Gasteiger partial charge on any atom is -0.331 e. The summed E-state index contributed by atoms with van der Waals surface area (Å²) in [6.07, 6.45) is -0.490. The van der Waals surface area contributed by atoms with Crippen LogP contribution < -0.4 is 5.32 Å². The van der Waals surface area contributed by atoms with Crippen LogP contribution in [0.25, 0.3) is 0 Å². The Morgan fingerprint density at radius 2 is 1.00 bits per heavy atom. The van der Waals surface area contributed by atoms with E-state index in [4.69, 9.17) is 0 Å². The molecule has 0 spiro atoms. The van der Waals surface area contributed by atoms with E-state index in [0.717, 1.165) is 0 Å². The zero-order valence-corrected chi connectivity index (χ0v) is 16.1. The van der Waals surface area contributed by atoms with Gasteiger partial charge in [-0.25, -0.2) is 0 Å². The lowest BCUT2D eigenvalue weighted by molar-refractivity contribution is -0.870. The standard InChI is InChI=1S/C14H16F15N2O/c1-31(2,3)6-4-5-30-14(28,29)13(26,27)12(24,25)11(22,23)10(20,21)9(18,19)8(16,17)7(15)32/h30H,4-6H2,1-3H3/q+1. The van der Waals surface area contributed by atoms with Crippen molar-refractivity contribution in [3.63, 3.8) is 0 Å². The maximum Gasteiger partial charge on any atom is 0.404 e. The van der Waals surface area contributed by atoms with E-state index in [1.807, 2.05) is 0 Å². The minimum atomic E-state index is -8.35. The molecule has 1 N–H and O–H groups in total. The van der Waals surface area contributed by atoms with Crippen LogP contribution in [0.15, 0.2) is 0 Å². The Labute approximate surface area is 170 Å². The summed E-state index contributed by atoms with van der Waals surface area (Å²) in [5, 5.41) is 0.387. The summed E-state index contributed by atoms with van der Waals surface area (Å²) >= 11 is 0. The van der Waals surface area contributed by atoms with Gasteiger partial charge in [-0.15, -0.1) is 0 Å². The molecule has 0 aromatic heterocycles. The fraction of sp³-hybridized carbons (Fsp3) is 0.929. The van der Waals surface area contributed by atoms with Crippen molar-refractivity contribution in [3.05, 3.63) is 0 Å². The topological polar surface area (TPSA) is 29.1 Å². The van der Waals surface area contributed by atoms with Gasteiger partial charge in [0.15, 0.2) is 0 Å². The number of alkyl halides is 14. The molecule has 0 saturated heterocycles. The molecule has 18 heteroatoms. The summed E-state index contributed by atoms with van der Waals surface area (Å²) in [4.78, 5) is 9.77. The average Bonchev–Trinajstić information content (AvgIpc) is 2.56. The Kier molecular flexibility index (Phi) is 8.01. The molecule has 0 aliphatic heterocycles. The maximum atomic E-state index is 13.6. The van der Waals surface area contributed by atoms with Crippen LogP contribution in [-0.4, -0.2) is 86.3 Å². The molecule has 0 aliphatic rings. The van der Waals surface area contributed by atoms with Crippen molar-refractivity contribution in [1.82, 2.24) is 5.32 Å². The fourth-order valence-electron chi connectivity index (χ4n) is 2.02. The van der Waals surface area contributed by atoms with Gasteiger partial charge in [-0.3, -0.25) is 10.1 Å². The Hall–Kier alpha value is -1.46. The van der Waals surface area contributed by atoms with Crippen LogP contribution in [0.3, 0.4) is 0 Å². The summed E-state index contributed by atoms with van der Waals surface area (Å²) in [6.45, 7) is -1.38. The Bertz CT molecular complexity index is 684. The van der Waals surface area contributed by atoms with Gasteiger partial charge in [-0.05, 0) is 0 Å². The van der Waals surface area contributed by atoms with Gasteiger partial charge in [0.2, 0.25) is 0 Å². The Morgan fingerprint density at radius 3 is 1.34 bits per heavy atom. The lowest BCUT2D eigenvalue weighted by Gasteiger charge is -2.42. The van der Waals surface area contributed by atoms with E-state index in [1.165, 1.54) is 21.1 Å². The molecule has 0 saturated carbocycles. The predicted molar refractivity (Wildman–Crippen MR) is 76.3 cm³/mol. The van der Waals surface area contributed by atoms with Crippen molar-refractivity contribution in [2.45, 2.75) is 48.0 Å². The number of halogens is 15. The van der Waals surface area contributed by atoms with Gasteiger partial charge < -0.3 is 4.48 Å². The van der Waals surface area contributed by atoms with Crippen molar-refractivity contribution in [2.24, 2.45) is 0 Å². The molecule has 32 heavy (non-hydrogen) atoms. The second-order valence-corrected chi connectivity index (χ2v) is 7.59. The van der Waals surface area contributed by atoms with Crippen LogP contribution in [0.2, 0.25) is 0 Å². The second-order valence-electron chi connectivity index (χ2n) is 7.59. The molecule has 0 aromatic rings. The first-order valence-corrected chi connectivity index (χ1v) is 8.05. The number of hydrogen-bond donors (Lipinski definition) is 1. The molecule has 3 nitrogen and oxygen atoms in total. The average molecular weight is 513 g/mol. The first-order valence-electron chi connectivity index (χ1n) is 8.05. The van der Waals surface area contributed by atoms with E-state index in [2.05, 4.69) is 0 Å². The number of quaternary nitrogens is 1. The third-order valence-corrected chi connectivity index (χ3v) is 3.97. The van der Waals surface area contributed by atoms with Gasteiger partial charge in [-0.2, -0.15) is 65.9 Å². The minimum absolute atomic E-state index is 0.0146. The molecule has 0 amide bonds. The van der Waals surface area contributed by atoms with Crippen LogP contribution in [0.4, 0.5) is 65.9 Å². The lowest BCUT2D eigenvalue weighted by atomic mass is 9.90. The molecule has 0 radical (unpaired) electrons. The van der Waals surface area contributed by atoms with Gasteiger partial charge in [0, 0.05) is 13.0 Å². The van der Waals surface area contributed by atoms with Crippen LogP contribution >= 0.6 is 0 Å². The molecule has 0 atom stereocenters. The SMILES string of the molecule is C[N+](C)(C)CCCNC(F)(F)C(F)(F)C(F)(F)C(F)(F)C(F)(F)C(F)(F)C(F)(F)C(=O)F. The smallest absolute Gasteiger partial charge is 0.331 e. The zero-order chi connectivity index (χ0) is 26.4. The largest absolute Gasteiger partial charge is 0.404 e. The molecule has 0 fully saturated rings. The summed E-state index contributed by atoms with van der Waals surface area (Å²) < 4.78 is 198. The van der Waals surface area contributed by atoms with Crippen LogP contribution in [0, 0.1) is 0 Å². The molecule has 0 aliphatic carbocycles. The number of carbonyl (C=O) groups is 1. The van der Waals surface area contributed by atoms with E-state index in [-0.39, 0.29) is 11.0 Å². The van der Waals surface area contributed by atoms with Gasteiger partial charge in [0.05, 0.1) is 27.7 Å². The molecule has 0 rings (SSSR count). The molecule has 192 valence electrons. The number of nitrogens with zero attached hydrogens (tertiary/aromatic N) is 1. The van der Waals surface area contributed by atoms with Crippen molar-refractivity contribution in [2.75, 3.05) is 34.2 Å². The number of nitrogens with one attached hydrogen (secondary N) is 1. The molecular weight excluding hydrogens is 497 g/mol. The van der Waals surface area contributed by atoms with Crippen molar-refractivity contribution >= 4 is 6.04 Å². The predicted octanol–water partition coefficient (Wildman–Crippen LogP) is 4.57. The monoisotopic (exact) mass is 513 g/mol. The Morgan fingerprint density at radius 1 is 0.656 bits per heavy atom. The highest BCUT2D eigenvalue weighted by atomic mass is 19.4. The lowest BCUT2D eigenvalue weighted by Crippen LogP contribution is -2.75. The number of hydrogen-bond acceptors (Lipinski definition) is 2. The van der Waals surface area contributed by atoms with Crippen LogP contribution in [-0.2, 0) is 4.79 Å². The van der Waals surface area contributed by atoms with E-state index >= 15 is 0 Å². The quantitative estimate of drug-likeness (QED) is 0.136. The number of rotatable bonds is 12. The highest BCUT2D eigenvalue weighted by Crippen LogP contribution is 2.61. The van der Waals surface area contributed by atoms with E-state index < -0.39 is 60.6 Å². The van der Waals surface area contributed by atoms with Gasteiger partial charge in [-0.1, -0.05) is 0 Å². The van der Waals surface area contributed by atoms with Crippen LogP contribution in [0.5, 0.6) is 0 Å². The summed E-state index contributed by atoms with van der Waals surface area (Å²) in [7, 11) is 4.38. The van der Waals surface area contributed by atoms with Gasteiger partial charge in [0.25, 0.3) is 0 Å². The fourth-order valence-corrected chi connectivity index (χ4v) is 2.02. The van der Waals surface area contributed by atoms with E-state index in [0.29, 0.717) is 5.32 Å². The summed E-state index contributed by atoms with van der Waals surface area (Å²) in [5.41, 5.74) is 0. The van der Waals surface area contributed by atoms with E-state index in [1.54, 1.807) is 0 Å². The van der Waals surface area contributed by atoms with E-state index in [9.17, 15) is 70.7 Å². The first kappa shape index (κ1) is 30.5. The van der Waals surface area contributed by atoms with Gasteiger partial charge in [0.1, 0.15) is 0 Å². The van der Waals surface area contributed by atoms with Crippen molar-refractivity contribution in [1.29, 1.82) is 0 Å². The molecule has 0 heterocycles. The highest BCUT2D eigenvalue weighted by molar-refractivity contribution is 5.78. The highest BCUT2D eigenvalue weighted by Gasteiger charge is 2.93. The Balaban J connectivity index is 6.18. The van der Waals surface area contributed by atoms with Crippen LogP contribution in [0.1, 0.15) is 6.42 Å². The first-order chi connectivity index (χ1) is 13.7. The molecule has 0 aromatic carbocycles. The molecule has 0 unspecified atom stereocenters. The summed E-state index contributed by atoms with van der Waals surface area (Å²) in [5.74, 6) is -47.8.